The van der Waals surface area contributed by atoms with E-state index in [-0.39, 0.29) is 0 Å². The summed E-state index contributed by atoms with van der Waals surface area (Å²) in [6.45, 7) is 8.73. The van der Waals surface area contributed by atoms with E-state index in [1.807, 2.05) is 0 Å². The smallest absolute Gasteiger partial charge is 0.00649 e. The van der Waals surface area contributed by atoms with Gasteiger partial charge in [-0.25, -0.2) is 0 Å². The molecule has 0 spiro atoms. The second kappa shape index (κ2) is 6.24. The van der Waals surface area contributed by atoms with Gasteiger partial charge in [-0.2, -0.15) is 0 Å². The van der Waals surface area contributed by atoms with Gasteiger partial charge in [0.25, 0.3) is 0 Å². The van der Waals surface area contributed by atoms with Crippen LogP contribution in [0, 0.1) is 5.92 Å². The maximum atomic E-state index is 5.93. The van der Waals surface area contributed by atoms with Crippen molar-refractivity contribution < 1.29 is 0 Å². The van der Waals surface area contributed by atoms with E-state index in [1.165, 1.54) is 5.57 Å². The molecule has 1 atom stereocenters. The van der Waals surface area contributed by atoms with Crippen molar-refractivity contribution in [2.45, 2.75) is 53.0 Å². The Balaban J connectivity index is 3.61. The van der Waals surface area contributed by atoms with Gasteiger partial charge in [-0.1, -0.05) is 32.4 Å². The zero-order chi connectivity index (χ0) is 9.56. The lowest BCUT2D eigenvalue weighted by Crippen LogP contribution is -2.26. The van der Waals surface area contributed by atoms with Crippen LogP contribution in [-0.2, 0) is 0 Å². The molecule has 0 aliphatic heterocycles. The van der Waals surface area contributed by atoms with Crippen molar-refractivity contribution >= 4 is 0 Å². The highest BCUT2D eigenvalue weighted by molar-refractivity contribution is 4.97. The van der Waals surface area contributed by atoms with E-state index in [2.05, 4.69) is 33.8 Å². The van der Waals surface area contributed by atoms with Gasteiger partial charge in [0.15, 0.2) is 0 Å². The van der Waals surface area contributed by atoms with Crippen LogP contribution in [0.25, 0.3) is 0 Å². The first-order valence-electron chi connectivity index (χ1n) is 4.99. The largest absolute Gasteiger partial charge is 0.327 e. The van der Waals surface area contributed by atoms with Gasteiger partial charge in [0, 0.05) is 6.04 Å². The lowest BCUT2D eigenvalue weighted by molar-refractivity contribution is 0.463. The molecule has 0 bridgehead atoms. The maximum Gasteiger partial charge on any atom is 0.00649 e. The molecule has 72 valence electrons. The fourth-order valence-electron chi connectivity index (χ4n) is 1.18. The van der Waals surface area contributed by atoms with Crippen molar-refractivity contribution in [1.82, 2.24) is 0 Å². The summed E-state index contributed by atoms with van der Waals surface area (Å²) in [6.07, 6.45) is 5.71. The topological polar surface area (TPSA) is 26.0 Å². The standard InChI is InChI=1S/C11H23N/c1-5-6-10(4)7-8-11(12)9(2)3/h6,9,11H,5,7-8,12H2,1-4H3. The molecule has 1 heteroatoms. The van der Waals surface area contributed by atoms with Crippen molar-refractivity contribution in [3.05, 3.63) is 11.6 Å². The quantitative estimate of drug-likeness (QED) is 0.629. The van der Waals surface area contributed by atoms with Crippen LogP contribution in [-0.4, -0.2) is 6.04 Å². The number of hydrogen-bond donors (Lipinski definition) is 1. The van der Waals surface area contributed by atoms with Gasteiger partial charge < -0.3 is 5.73 Å². The third-order valence-electron chi connectivity index (χ3n) is 2.28. The zero-order valence-electron chi connectivity index (χ0n) is 8.93. The molecule has 0 aliphatic rings. The Morgan fingerprint density at radius 1 is 1.42 bits per heavy atom. The fraction of sp³-hybridized carbons (Fsp3) is 0.818. The van der Waals surface area contributed by atoms with Gasteiger partial charge in [-0.15, -0.1) is 0 Å². The minimum atomic E-state index is 0.366. The van der Waals surface area contributed by atoms with E-state index in [0.717, 1.165) is 19.3 Å². The lowest BCUT2D eigenvalue weighted by atomic mass is 9.98. The Hall–Kier alpha value is -0.300. The molecule has 12 heavy (non-hydrogen) atoms. The van der Waals surface area contributed by atoms with Crippen LogP contribution in [0.5, 0.6) is 0 Å². The number of nitrogens with two attached hydrogens (primary N) is 1. The van der Waals surface area contributed by atoms with Crippen LogP contribution in [0.1, 0.15) is 47.0 Å². The Bertz CT molecular complexity index is 136. The minimum absolute atomic E-state index is 0.366. The lowest BCUT2D eigenvalue weighted by Gasteiger charge is -2.15. The highest BCUT2D eigenvalue weighted by atomic mass is 14.6. The summed E-state index contributed by atoms with van der Waals surface area (Å²) in [4.78, 5) is 0. The predicted octanol–water partition coefficient (Wildman–Crippen LogP) is 3.11. The molecule has 0 aromatic heterocycles. The SMILES string of the molecule is CCC=C(C)CCC(N)C(C)C. The first-order valence-corrected chi connectivity index (χ1v) is 4.99. The summed E-state index contributed by atoms with van der Waals surface area (Å²) in [5.74, 6) is 0.611. The molecular formula is C11H23N. The van der Waals surface area contributed by atoms with Crippen LogP contribution < -0.4 is 5.73 Å². The van der Waals surface area contributed by atoms with Crippen molar-refractivity contribution in [2.24, 2.45) is 11.7 Å². The third kappa shape index (κ3) is 5.36. The van der Waals surface area contributed by atoms with Crippen molar-refractivity contribution in [2.75, 3.05) is 0 Å². The molecule has 0 aromatic rings. The first kappa shape index (κ1) is 11.7. The zero-order valence-corrected chi connectivity index (χ0v) is 8.93. The normalized spacial score (nSPS) is 15.3. The van der Waals surface area contributed by atoms with Crippen molar-refractivity contribution in [3.63, 3.8) is 0 Å². The van der Waals surface area contributed by atoms with Crippen LogP contribution in [0.15, 0.2) is 11.6 Å². The Labute approximate surface area is 77.0 Å². The maximum absolute atomic E-state index is 5.93. The molecule has 2 N–H and O–H groups in total. The van der Waals surface area contributed by atoms with E-state index in [9.17, 15) is 0 Å². The Morgan fingerprint density at radius 3 is 2.42 bits per heavy atom. The van der Waals surface area contributed by atoms with Crippen LogP contribution >= 0.6 is 0 Å². The molecule has 0 saturated heterocycles. The summed E-state index contributed by atoms with van der Waals surface area (Å²) in [7, 11) is 0. The molecule has 0 aliphatic carbocycles. The summed E-state index contributed by atoms with van der Waals surface area (Å²) in [5, 5.41) is 0. The molecule has 0 heterocycles. The van der Waals surface area contributed by atoms with Gasteiger partial charge in [0.05, 0.1) is 0 Å². The molecule has 0 amide bonds. The highest BCUT2D eigenvalue weighted by Gasteiger charge is 2.06. The summed E-state index contributed by atoms with van der Waals surface area (Å²) < 4.78 is 0. The second-order valence-corrected chi connectivity index (χ2v) is 3.91. The van der Waals surface area contributed by atoms with E-state index in [1.54, 1.807) is 0 Å². The fourth-order valence-corrected chi connectivity index (χ4v) is 1.18. The molecule has 1 unspecified atom stereocenters. The van der Waals surface area contributed by atoms with E-state index in [0.29, 0.717) is 12.0 Å². The number of allylic oxidation sites excluding steroid dienone is 2. The van der Waals surface area contributed by atoms with Crippen molar-refractivity contribution in [3.8, 4) is 0 Å². The molecular weight excluding hydrogens is 146 g/mol. The average molecular weight is 169 g/mol. The Kier molecular flexibility index (Phi) is 6.09. The summed E-state index contributed by atoms with van der Waals surface area (Å²) in [5.41, 5.74) is 7.41. The van der Waals surface area contributed by atoms with E-state index in [4.69, 9.17) is 5.73 Å². The molecule has 0 saturated carbocycles. The molecule has 0 radical (unpaired) electrons. The molecule has 1 nitrogen and oxygen atoms in total. The minimum Gasteiger partial charge on any atom is -0.327 e. The average Bonchev–Trinajstić information content (AvgIpc) is 2.00. The molecule has 0 aromatic carbocycles. The van der Waals surface area contributed by atoms with E-state index >= 15 is 0 Å². The van der Waals surface area contributed by atoms with Gasteiger partial charge in [-0.05, 0) is 32.1 Å². The third-order valence-corrected chi connectivity index (χ3v) is 2.28. The summed E-state index contributed by atoms with van der Waals surface area (Å²) >= 11 is 0. The van der Waals surface area contributed by atoms with Gasteiger partial charge in [-0.3, -0.25) is 0 Å². The van der Waals surface area contributed by atoms with Crippen LogP contribution in [0.2, 0.25) is 0 Å². The molecule has 0 rings (SSSR count). The van der Waals surface area contributed by atoms with Gasteiger partial charge in [0.1, 0.15) is 0 Å². The molecule has 0 fully saturated rings. The van der Waals surface area contributed by atoms with Crippen LogP contribution in [0.4, 0.5) is 0 Å². The second-order valence-electron chi connectivity index (χ2n) is 3.91. The number of rotatable bonds is 5. The highest BCUT2D eigenvalue weighted by Crippen LogP contribution is 2.11. The van der Waals surface area contributed by atoms with E-state index < -0.39 is 0 Å². The number of hydrogen-bond acceptors (Lipinski definition) is 1. The summed E-state index contributed by atoms with van der Waals surface area (Å²) in [6, 6.07) is 0.366. The monoisotopic (exact) mass is 169 g/mol. The van der Waals surface area contributed by atoms with Gasteiger partial charge in [0.2, 0.25) is 0 Å². The van der Waals surface area contributed by atoms with Crippen LogP contribution in [0.3, 0.4) is 0 Å². The predicted molar refractivity (Wildman–Crippen MR) is 56.1 cm³/mol. The van der Waals surface area contributed by atoms with Crippen molar-refractivity contribution in [1.29, 1.82) is 0 Å². The first-order chi connectivity index (χ1) is 5.57. The van der Waals surface area contributed by atoms with Gasteiger partial charge >= 0.3 is 0 Å². The Morgan fingerprint density at radius 2 is 2.00 bits per heavy atom.